The van der Waals surface area contributed by atoms with Crippen LogP contribution in [0.2, 0.25) is 5.02 Å². The molecule has 0 radical (unpaired) electrons. The number of benzene rings is 2. The van der Waals surface area contributed by atoms with E-state index >= 15 is 0 Å². The number of hydrogen-bond acceptors (Lipinski definition) is 4. The molecule has 1 heterocycles. The van der Waals surface area contributed by atoms with Gasteiger partial charge in [-0.3, -0.25) is 4.79 Å². The number of thiocarbonyl (C=S) groups is 1. The molecule has 0 fully saturated rings. The van der Waals surface area contributed by atoms with Gasteiger partial charge in [-0.2, -0.15) is 0 Å². The molecule has 144 valence electrons. The van der Waals surface area contributed by atoms with Crippen molar-refractivity contribution in [2.45, 2.75) is 13.0 Å². The molecule has 6 nitrogen and oxygen atoms in total. The number of carboxylic acid groups (broad SMARTS) is 1. The molecule has 0 amide bonds. The zero-order valence-corrected chi connectivity index (χ0v) is 16.4. The lowest BCUT2D eigenvalue weighted by atomic mass is 9.90. The Morgan fingerprint density at radius 2 is 1.93 bits per heavy atom. The van der Waals surface area contributed by atoms with Crippen molar-refractivity contribution < 1.29 is 19.4 Å². The number of rotatable bonds is 6. The summed E-state index contributed by atoms with van der Waals surface area (Å²) >= 11 is 11.5. The Kier molecular flexibility index (Phi) is 5.96. The fourth-order valence-electron chi connectivity index (χ4n) is 3.03. The Hall–Kier alpha value is -2.90. The van der Waals surface area contributed by atoms with Gasteiger partial charge < -0.3 is 20.5 Å². The Morgan fingerprint density at radius 3 is 2.57 bits per heavy atom. The Balaban J connectivity index is 2.17. The highest BCUT2D eigenvalue weighted by atomic mass is 35.5. The monoisotopic (exact) mass is 416 g/mol. The summed E-state index contributed by atoms with van der Waals surface area (Å²) < 4.78 is 5.42. The van der Waals surface area contributed by atoms with Crippen LogP contribution in [0.1, 0.15) is 24.1 Å². The number of nitrogens with one attached hydrogen (secondary N) is 2. The molecule has 1 aliphatic heterocycles. The van der Waals surface area contributed by atoms with Crippen molar-refractivity contribution in [2.75, 3.05) is 6.61 Å². The summed E-state index contributed by atoms with van der Waals surface area (Å²) in [5.41, 5.74) is 2.36. The molecule has 0 saturated heterocycles. The summed E-state index contributed by atoms with van der Waals surface area (Å²) in [6.07, 6.45) is 0. The zero-order chi connectivity index (χ0) is 20.3. The summed E-state index contributed by atoms with van der Waals surface area (Å²) in [6, 6.07) is 13.5. The van der Waals surface area contributed by atoms with Gasteiger partial charge in [0, 0.05) is 16.2 Å². The van der Waals surface area contributed by atoms with Crippen LogP contribution >= 0.6 is 23.8 Å². The number of ether oxygens (including phenoxy) is 1. The average Bonchev–Trinajstić information content (AvgIpc) is 2.66. The summed E-state index contributed by atoms with van der Waals surface area (Å²) in [5, 5.41) is 15.8. The van der Waals surface area contributed by atoms with E-state index in [0.29, 0.717) is 32.7 Å². The van der Waals surface area contributed by atoms with E-state index in [9.17, 15) is 9.59 Å². The molecule has 28 heavy (non-hydrogen) atoms. The molecular weight excluding hydrogens is 400 g/mol. The van der Waals surface area contributed by atoms with Crippen LogP contribution in [0.4, 0.5) is 0 Å². The van der Waals surface area contributed by atoms with E-state index < -0.39 is 18.6 Å². The molecule has 0 aliphatic carbocycles. The largest absolute Gasteiger partial charge is 0.482 e. The number of ketones is 1. The van der Waals surface area contributed by atoms with Crippen LogP contribution in [-0.2, 0) is 9.59 Å². The normalized spacial score (nSPS) is 16.2. The minimum absolute atomic E-state index is 0.171. The van der Waals surface area contributed by atoms with Crippen molar-refractivity contribution in [1.82, 2.24) is 10.6 Å². The molecule has 8 heteroatoms. The topological polar surface area (TPSA) is 87.7 Å². The van der Waals surface area contributed by atoms with Gasteiger partial charge in [-0.15, -0.1) is 0 Å². The predicted octanol–water partition coefficient (Wildman–Crippen LogP) is 3.32. The molecular formula is C20H17ClN2O4S. The maximum atomic E-state index is 12.6. The van der Waals surface area contributed by atoms with Gasteiger partial charge in [0.15, 0.2) is 17.5 Å². The number of aliphatic carboxylic acids is 1. The summed E-state index contributed by atoms with van der Waals surface area (Å²) in [4.78, 5) is 23.5. The number of carboxylic acids is 1. The Morgan fingerprint density at radius 1 is 1.21 bits per heavy atom. The van der Waals surface area contributed by atoms with E-state index in [4.69, 9.17) is 33.7 Å². The minimum atomic E-state index is -1.11. The second-order valence-corrected chi connectivity index (χ2v) is 6.95. The minimum Gasteiger partial charge on any atom is -0.482 e. The molecule has 2 aromatic rings. The van der Waals surface area contributed by atoms with Gasteiger partial charge in [0.2, 0.25) is 0 Å². The second-order valence-electron chi connectivity index (χ2n) is 6.11. The highest BCUT2D eigenvalue weighted by Gasteiger charge is 2.32. The maximum Gasteiger partial charge on any atom is 0.341 e. The van der Waals surface area contributed by atoms with Crippen molar-refractivity contribution >= 4 is 46.4 Å². The molecule has 2 aromatic carbocycles. The molecule has 3 rings (SSSR count). The highest BCUT2D eigenvalue weighted by molar-refractivity contribution is 7.80. The lowest BCUT2D eigenvalue weighted by Crippen LogP contribution is -2.44. The van der Waals surface area contributed by atoms with E-state index in [1.165, 1.54) is 6.92 Å². The molecule has 1 unspecified atom stereocenters. The van der Waals surface area contributed by atoms with Gasteiger partial charge >= 0.3 is 5.97 Å². The van der Waals surface area contributed by atoms with Crippen molar-refractivity contribution in [1.29, 1.82) is 0 Å². The third-order valence-corrected chi connectivity index (χ3v) is 4.60. The van der Waals surface area contributed by atoms with E-state index in [1.54, 1.807) is 18.2 Å². The van der Waals surface area contributed by atoms with Crippen LogP contribution in [-0.4, -0.2) is 28.6 Å². The molecule has 1 aliphatic rings. The first-order chi connectivity index (χ1) is 13.4. The van der Waals surface area contributed by atoms with Crippen molar-refractivity contribution in [2.24, 2.45) is 0 Å². The van der Waals surface area contributed by atoms with Crippen LogP contribution in [0, 0.1) is 0 Å². The van der Waals surface area contributed by atoms with Crippen LogP contribution in [0.3, 0.4) is 0 Å². The van der Waals surface area contributed by atoms with E-state index in [-0.39, 0.29) is 5.78 Å². The second kappa shape index (κ2) is 8.41. The Bertz CT molecular complexity index is 975. The SMILES string of the molecule is CC(=O)C1=C(c2ccccc2)NC(=S)NC1c1cc(Cl)ccc1OCC(=O)O. The third kappa shape index (κ3) is 4.32. The molecule has 0 bridgehead atoms. The van der Waals surface area contributed by atoms with Crippen molar-refractivity contribution in [3.8, 4) is 5.75 Å². The van der Waals surface area contributed by atoms with Crippen LogP contribution in [0.25, 0.3) is 5.70 Å². The number of hydrogen-bond donors (Lipinski definition) is 3. The van der Waals surface area contributed by atoms with E-state index in [2.05, 4.69) is 10.6 Å². The zero-order valence-electron chi connectivity index (χ0n) is 14.9. The van der Waals surface area contributed by atoms with Crippen molar-refractivity contribution in [3.05, 3.63) is 70.3 Å². The standard InChI is InChI=1S/C20H17ClN2O4S/c1-11(24)17-18(12-5-3-2-4-6-12)22-20(28)23-19(17)14-9-13(21)7-8-15(14)27-10-16(25)26/h2-9,19H,10H2,1H3,(H,25,26)(H2,22,23,28). The summed E-state index contributed by atoms with van der Waals surface area (Å²) in [5.74, 6) is -0.974. The first-order valence-corrected chi connectivity index (χ1v) is 9.17. The van der Waals surface area contributed by atoms with Gasteiger partial charge in [0.1, 0.15) is 5.75 Å². The number of carbonyl (C=O) groups excluding carboxylic acids is 1. The quantitative estimate of drug-likeness (QED) is 0.622. The van der Waals surface area contributed by atoms with Crippen LogP contribution < -0.4 is 15.4 Å². The highest BCUT2D eigenvalue weighted by Crippen LogP contribution is 2.37. The fourth-order valence-corrected chi connectivity index (χ4v) is 3.43. The summed E-state index contributed by atoms with van der Waals surface area (Å²) in [7, 11) is 0. The number of halogens is 1. The van der Waals surface area contributed by atoms with Gasteiger partial charge in [-0.05, 0) is 42.9 Å². The maximum absolute atomic E-state index is 12.6. The predicted molar refractivity (Wildman–Crippen MR) is 110 cm³/mol. The van der Waals surface area contributed by atoms with Gasteiger partial charge in [-0.25, -0.2) is 4.79 Å². The smallest absolute Gasteiger partial charge is 0.341 e. The third-order valence-electron chi connectivity index (χ3n) is 4.15. The molecule has 0 spiro atoms. The first kappa shape index (κ1) is 19.9. The van der Waals surface area contributed by atoms with Crippen molar-refractivity contribution in [3.63, 3.8) is 0 Å². The lowest BCUT2D eigenvalue weighted by Gasteiger charge is -2.32. The van der Waals surface area contributed by atoms with E-state index in [1.807, 2.05) is 30.3 Å². The summed E-state index contributed by atoms with van der Waals surface area (Å²) in [6.45, 7) is 0.944. The van der Waals surface area contributed by atoms with Gasteiger partial charge in [0.05, 0.1) is 11.7 Å². The molecule has 0 saturated carbocycles. The fraction of sp³-hybridized carbons (Fsp3) is 0.150. The lowest BCUT2D eigenvalue weighted by molar-refractivity contribution is -0.139. The van der Waals surface area contributed by atoms with Gasteiger partial charge in [0.25, 0.3) is 0 Å². The van der Waals surface area contributed by atoms with Crippen LogP contribution in [0.5, 0.6) is 5.75 Å². The molecule has 3 N–H and O–H groups in total. The van der Waals surface area contributed by atoms with Gasteiger partial charge in [-0.1, -0.05) is 41.9 Å². The molecule has 1 atom stereocenters. The molecule has 0 aromatic heterocycles. The average molecular weight is 417 g/mol. The van der Waals surface area contributed by atoms with E-state index in [0.717, 1.165) is 5.56 Å². The first-order valence-electron chi connectivity index (χ1n) is 8.39. The van der Waals surface area contributed by atoms with Crippen LogP contribution in [0.15, 0.2) is 54.1 Å². The number of Topliss-reactive ketones (excluding diaryl/α,β-unsaturated/α-hetero) is 1. The number of carbonyl (C=O) groups is 2. The Labute approximate surface area is 172 Å².